The van der Waals surface area contributed by atoms with Crippen molar-refractivity contribution in [1.29, 1.82) is 0 Å². The number of benzene rings is 2. The zero-order valence-electron chi connectivity index (χ0n) is 22.1. The number of rotatable bonds is 9. The van der Waals surface area contributed by atoms with Gasteiger partial charge >= 0.3 is 5.97 Å². The monoisotopic (exact) mass is 562 g/mol. The average molecular weight is 563 g/mol. The molecule has 3 rings (SSSR count). The fourth-order valence-electron chi connectivity index (χ4n) is 3.82. The van der Waals surface area contributed by atoms with Gasteiger partial charge in [-0.25, -0.2) is 4.79 Å². The Hall–Kier alpha value is -5.46. The third-order valence-corrected chi connectivity index (χ3v) is 5.88. The van der Waals surface area contributed by atoms with E-state index >= 15 is 0 Å². The highest BCUT2D eigenvalue weighted by Gasteiger charge is 2.28. The van der Waals surface area contributed by atoms with E-state index < -0.39 is 33.7 Å². The number of hydrogen-bond donors (Lipinski definition) is 1. The van der Waals surface area contributed by atoms with Crippen LogP contribution >= 0.6 is 0 Å². The van der Waals surface area contributed by atoms with Crippen LogP contribution in [-0.4, -0.2) is 64.1 Å². The van der Waals surface area contributed by atoms with Gasteiger partial charge in [-0.2, -0.15) is 0 Å². The van der Waals surface area contributed by atoms with E-state index in [-0.39, 0.29) is 48.0 Å². The molecular weight excluding hydrogens is 536 g/mol. The minimum Gasteiger partial charge on any atom is -0.464 e. The van der Waals surface area contributed by atoms with Crippen LogP contribution in [-0.2, 0) is 23.9 Å². The number of Topliss-reactive ketones (excluding diaryl/α,β-unsaturated/α-hetero) is 1. The number of nitro groups is 2. The maximum atomic E-state index is 13.3. The lowest BCUT2D eigenvalue weighted by molar-refractivity contribution is -0.385. The van der Waals surface area contributed by atoms with E-state index in [2.05, 4.69) is 5.32 Å². The first-order chi connectivity index (χ1) is 19.5. The molecule has 0 saturated carbocycles. The average Bonchev–Trinajstić information content (AvgIpc) is 2.94. The number of nitrogens with one attached hydrogen (secondary N) is 1. The van der Waals surface area contributed by atoms with E-state index in [1.165, 1.54) is 72.5 Å². The first kappa shape index (κ1) is 30.1. The molecule has 0 radical (unpaired) electrons. The quantitative estimate of drug-likeness (QED) is 0.208. The van der Waals surface area contributed by atoms with Crippen LogP contribution in [0.3, 0.4) is 0 Å². The minimum absolute atomic E-state index is 0.114. The summed E-state index contributed by atoms with van der Waals surface area (Å²) in [6.45, 7) is 2.98. The molecule has 41 heavy (non-hydrogen) atoms. The van der Waals surface area contributed by atoms with Crippen molar-refractivity contribution in [2.75, 3.05) is 19.7 Å². The number of carbonyl (C=O) groups is 4. The highest BCUT2D eigenvalue weighted by Crippen LogP contribution is 2.24. The van der Waals surface area contributed by atoms with Gasteiger partial charge in [-0.3, -0.25) is 34.6 Å². The largest absolute Gasteiger partial charge is 0.464 e. The van der Waals surface area contributed by atoms with Crippen LogP contribution in [0, 0.1) is 20.2 Å². The lowest BCUT2D eigenvalue weighted by Crippen LogP contribution is -2.41. The van der Waals surface area contributed by atoms with Crippen molar-refractivity contribution < 1.29 is 33.8 Å². The Balaban J connectivity index is 1.88. The van der Waals surface area contributed by atoms with Crippen molar-refractivity contribution in [2.45, 2.75) is 19.9 Å². The Morgan fingerprint density at radius 3 is 1.78 bits per heavy atom. The number of nitrogens with zero attached hydrogens (tertiary/aromatic N) is 3. The van der Waals surface area contributed by atoms with Crippen LogP contribution in [0.5, 0.6) is 0 Å². The van der Waals surface area contributed by atoms with E-state index in [1.54, 1.807) is 6.92 Å². The summed E-state index contributed by atoms with van der Waals surface area (Å²) >= 11 is 0. The third kappa shape index (κ3) is 8.26. The summed E-state index contributed by atoms with van der Waals surface area (Å²) in [6, 6.07) is 10.1. The predicted molar refractivity (Wildman–Crippen MR) is 147 cm³/mol. The van der Waals surface area contributed by atoms with E-state index in [1.807, 2.05) is 0 Å². The second kappa shape index (κ2) is 13.6. The first-order valence-electron chi connectivity index (χ1n) is 12.4. The number of nitro benzene ring substituents is 2. The molecule has 0 spiro atoms. The highest BCUT2D eigenvalue weighted by molar-refractivity contribution is 6.15. The molecule has 0 aliphatic carbocycles. The standard InChI is InChI=1S/C28H26N4O9/c1-3-41-28(36)18(2)29-25(33)12-13-26(34)30-16-21(14-19-4-8-23(9-5-19)31(37)38)27(35)22(17-30)15-20-6-10-24(11-7-20)32(39)40/h4-15,18H,3,16-17H2,1-2H3,(H,29,33)/b13-12-,21-14+,22-15+/t18-/m0/s1. The molecule has 1 aliphatic rings. The molecule has 1 N–H and O–H groups in total. The number of hydrogen-bond acceptors (Lipinski definition) is 9. The number of esters is 1. The Kier molecular flexibility index (Phi) is 9.95. The summed E-state index contributed by atoms with van der Waals surface area (Å²) < 4.78 is 4.83. The fourth-order valence-corrected chi connectivity index (χ4v) is 3.82. The van der Waals surface area contributed by atoms with Crippen LogP contribution in [0.4, 0.5) is 11.4 Å². The number of amides is 2. The molecule has 1 aliphatic heterocycles. The maximum absolute atomic E-state index is 13.3. The predicted octanol–water partition coefficient (Wildman–Crippen LogP) is 3.01. The SMILES string of the molecule is CCOC(=O)[C@H](C)NC(=O)/C=C\C(=O)N1C/C(=C\c2ccc([N+](=O)[O-])cc2)C(=O)/C(=C/c2ccc([N+](=O)[O-])cc2)C1. The van der Waals surface area contributed by atoms with Gasteiger partial charge in [0.1, 0.15) is 6.04 Å². The van der Waals surface area contributed by atoms with Gasteiger partial charge in [-0.05, 0) is 61.4 Å². The molecule has 0 unspecified atom stereocenters. The molecule has 13 heteroatoms. The Morgan fingerprint density at radius 2 is 1.37 bits per heavy atom. The minimum atomic E-state index is -0.928. The third-order valence-electron chi connectivity index (χ3n) is 5.88. The summed E-state index contributed by atoms with van der Waals surface area (Å²) in [6.07, 6.45) is 4.99. The van der Waals surface area contributed by atoms with E-state index in [0.29, 0.717) is 11.1 Å². The van der Waals surface area contributed by atoms with Gasteiger partial charge in [0.15, 0.2) is 5.78 Å². The Morgan fingerprint density at radius 1 is 0.902 bits per heavy atom. The lowest BCUT2D eigenvalue weighted by atomic mass is 9.94. The fraction of sp³-hybridized carbons (Fsp3) is 0.214. The number of non-ortho nitro benzene ring substituents is 2. The van der Waals surface area contributed by atoms with Gasteiger partial charge < -0.3 is 15.0 Å². The van der Waals surface area contributed by atoms with Crippen molar-refractivity contribution >= 4 is 47.1 Å². The molecule has 1 heterocycles. The molecule has 1 saturated heterocycles. The van der Waals surface area contributed by atoms with E-state index in [9.17, 15) is 39.4 Å². The zero-order valence-corrected chi connectivity index (χ0v) is 22.1. The van der Waals surface area contributed by atoms with Crippen LogP contribution in [0.2, 0.25) is 0 Å². The van der Waals surface area contributed by atoms with Crippen LogP contribution in [0.15, 0.2) is 71.8 Å². The molecular formula is C28H26N4O9. The van der Waals surface area contributed by atoms with Crippen LogP contribution < -0.4 is 5.32 Å². The van der Waals surface area contributed by atoms with E-state index in [4.69, 9.17) is 4.74 Å². The molecule has 0 bridgehead atoms. The Bertz CT molecular complexity index is 1380. The summed E-state index contributed by atoms with van der Waals surface area (Å²) in [4.78, 5) is 72.4. The number of likely N-dealkylation sites (tertiary alicyclic amines) is 1. The van der Waals surface area contributed by atoms with E-state index in [0.717, 1.165) is 12.2 Å². The summed E-state index contributed by atoms with van der Waals surface area (Å²) in [7, 11) is 0. The summed E-state index contributed by atoms with van der Waals surface area (Å²) in [5.74, 6) is -2.30. The maximum Gasteiger partial charge on any atom is 0.328 e. The van der Waals surface area contributed by atoms with Gasteiger partial charge in [-0.1, -0.05) is 0 Å². The normalized spacial score (nSPS) is 16.0. The Labute approximate surface area is 234 Å². The highest BCUT2D eigenvalue weighted by atomic mass is 16.6. The number of ketones is 1. The molecule has 2 aromatic rings. The zero-order chi connectivity index (χ0) is 30.1. The van der Waals surface area contributed by atoms with Gasteiger partial charge in [0.05, 0.1) is 29.5 Å². The summed E-state index contributed by atoms with van der Waals surface area (Å²) in [5, 5.41) is 24.3. The van der Waals surface area contributed by atoms with Crippen molar-refractivity contribution in [2.24, 2.45) is 0 Å². The molecule has 2 aromatic carbocycles. The molecule has 2 amide bonds. The van der Waals surface area contributed by atoms with Crippen molar-refractivity contribution in [1.82, 2.24) is 10.2 Å². The summed E-state index contributed by atoms with van der Waals surface area (Å²) in [5.41, 5.74) is 1.15. The molecule has 1 fully saturated rings. The topological polar surface area (TPSA) is 179 Å². The first-order valence-corrected chi connectivity index (χ1v) is 12.4. The molecule has 212 valence electrons. The number of carbonyl (C=O) groups excluding carboxylic acids is 4. The molecule has 1 atom stereocenters. The van der Waals surface area contributed by atoms with Gasteiger partial charge in [0.2, 0.25) is 11.8 Å². The van der Waals surface area contributed by atoms with Gasteiger partial charge in [0.25, 0.3) is 11.4 Å². The molecule has 13 nitrogen and oxygen atoms in total. The van der Waals surface area contributed by atoms with Crippen molar-refractivity contribution in [3.8, 4) is 0 Å². The number of piperidine rings is 1. The second-order valence-electron chi connectivity index (χ2n) is 8.88. The van der Waals surface area contributed by atoms with Crippen molar-refractivity contribution in [3.63, 3.8) is 0 Å². The smallest absolute Gasteiger partial charge is 0.328 e. The van der Waals surface area contributed by atoms with Gasteiger partial charge in [0, 0.05) is 47.6 Å². The lowest BCUT2D eigenvalue weighted by Gasteiger charge is -2.29. The van der Waals surface area contributed by atoms with Crippen LogP contribution in [0.25, 0.3) is 12.2 Å². The van der Waals surface area contributed by atoms with Crippen molar-refractivity contribution in [3.05, 3.63) is 103 Å². The molecule has 0 aromatic heterocycles. The van der Waals surface area contributed by atoms with Crippen LogP contribution in [0.1, 0.15) is 25.0 Å². The second-order valence-corrected chi connectivity index (χ2v) is 8.88. The number of ether oxygens (including phenoxy) is 1. The van der Waals surface area contributed by atoms with Gasteiger partial charge in [-0.15, -0.1) is 0 Å².